The summed E-state index contributed by atoms with van der Waals surface area (Å²) >= 11 is 0. The van der Waals surface area contributed by atoms with Gasteiger partial charge >= 0.3 is 0 Å². The van der Waals surface area contributed by atoms with Crippen LogP contribution in [0.2, 0.25) is 0 Å². The fourth-order valence-corrected chi connectivity index (χ4v) is 0.949. The van der Waals surface area contributed by atoms with Crippen LogP contribution in [-0.4, -0.2) is 6.54 Å². The zero-order valence-corrected chi connectivity index (χ0v) is 7.80. The molecule has 0 aliphatic carbocycles. The lowest BCUT2D eigenvalue weighted by Gasteiger charge is -2.06. The van der Waals surface area contributed by atoms with Crippen molar-refractivity contribution >= 4 is 5.69 Å². The number of hydrogen-bond donors (Lipinski definition) is 1. The van der Waals surface area contributed by atoms with Gasteiger partial charge in [0.1, 0.15) is 5.69 Å². The van der Waals surface area contributed by atoms with Gasteiger partial charge in [-0.05, 0) is 6.92 Å². The molecule has 0 amide bonds. The third-order valence-corrected chi connectivity index (χ3v) is 1.64. The van der Waals surface area contributed by atoms with Crippen LogP contribution in [0.4, 0.5) is 23.2 Å². The SMILES string of the molecule is CC#CCNc1c(F)c(F)cc(F)c1F. The smallest absolute Gasteiger partial charge is 0.185 e. The molecule has 0 saturated carbocycles. The van der Waals surface area contributed by atoms with Crippen molar-refractivity contribution < 1.29 is 17.6 Å². The Kier molecular flexibility index (Phi) is 3.56. The first-order chi connectivity index (χ1) is 7.07. The van der Waals surface area contributed by atoms with E-state index in [1.807, 2.05) is 0 Å². The zero-order chi connectivity index (χ0) is 11.4. The van der Waals surface area contributed by atoms with Gasteiger partial charge in [0, 0.05) is 6.07 Å². The van der Waals surface area contributed by atoms with Crippen LogP contribution >= 0.6 is 0 Å². The molecule has 0 heterocycles. The van der Waals surface area contributed by atoms with Crippen LogP contribution in [0.25, 0.3) is 0 Å². The maximum Gasteiger partial charge on any atom is 0.185 e. The molecule has 0 fully saturated rings. The fourth-order valence-electron chi connectivity index (χ4n) is 0.949. The van der Waals surface area contributed by atoms with Crippen LogP contribution in [0, 0.1) is 35.1 Å². The van der Waals surface area contributed by atoms with Gasteiger partial charge in [0.25, 0.3) is 0 Å². The van der Waals surface area contributed by atoms with Gasteiger partial charge < -0.3 is 5.32 Å². The third kappa shape index (κ3) is 2.40. The summed E-state index contributed by atoms with van der Waals surface area (Å²) in [7, 11) is 0. The first-order valence-electron chi connectivity index (χ1n) is 4.04. The largest absolute Gasteiger partial charge is 0.369 e. The standard InChI is InChI=1S/C10H7F4N/c1-2-3-4-15-10-8(13)6(11)5-7(12)9(10)14/h5,15H,4H2,1H3. The van der Waals surface area contributed by atoms with E-state index in [1.54, 1.807) is 0 Å². The Balaban J connectivity index is 3.07. The molecule has 0 spiro atoms. The quantitative estimate of drug-likeness (QED) is 0.456. The molecule has 0 saturated heterocycles. The van der Waals surface area contributed by atoms with Crippen molar-refractivity contribution in [2.24, 2.45) is 0 Å². The van der Waals surface area contributed by atoms with Gasteiger partial charge in [-0.25, -0.2) is 17.6 Å². The lowest BCUT2D eigenvalue weighted by Crippen LogP contribution is -2.07. The summed E-state index contributed by atoms with van der Waals surface area (Å²) in [6, 6.07) is 0.154. The lowest BCUT2D eigenvalue weighted by atomic mass is 10.2. The number of anilines is 1. The first kappa shape index (κ1) is 11.4. The number of benzene rings is 1. The highest BCUT2D eigenvalue weighted by Gasteiger charge is 2.18. The summed E-state index contributed by atoms with van der Waals surface area (Å²) in [6.45, 7) is 1.44. The number of rotatable bonds is 2. The molecule has 80 valence electrons. The van der Waals surface area contributed by atoms with Crippen LogP contribution in [0.3, 0.4) is 0 Å². The van der Waals surface area contributed by atoms with E-state index in [2.05, 4.69) is 17.2 Å². The molecule has 0 atom stereocenters. The van der Waals surface area contributed by atoms with Crippen molar-refractivity contribution in [3.8, 4) is 11.8 Å². The molecule has 1 nitrogen and oxygen atoms in total. The summed E-state index contributed by atoms with van der Waals surface area (Å²) in [4.78, 5) is 0. The Bertz CT molecular complexity index is 405. The molecule has 0 unspecified atom stereocenters. The molecule has 0 aliphatic rings. The van der Waals surface area contributed by atoms with Crippen LogP contribution in [0.5, 0.6) is 0 Å². The van der Waals surface area contributed by atoms with Crippen molar-refractivity contribution in [1.29, 1.82) is 0 Å². The monoisotopic (exact) mass is 217 g/mol. The third-order valence-electron chi connectivity index (χ3n) is 1.64. The van der Waals surface area contributed by atoms with Gasteiger partial charge in [-0.15, -0.1) is 5.92 Å². The molecule has 0 aliphatic heterocycles. The molecule has 1 rings (SSSR count). The molecular formula is C10H7F4N. The predicted octanol–water partition coefficient (Wildman–Crippen LogP) is 2.68. The lowest BCUT2D eigenvalue weighted by molar-refractivity contribution is 0.458. The Hall–Kier alpha value is -1.70. The minimum atomic E-state index is -1.45. The van der Waals surface area contributed by atoms with E-state index in [0.717, 1.165) is 0 Å². The van der Waals surface area contributed by atoms with E-state index in [4.69, 9.17) is 0 Å². The van der Waals surface area contributed by atoms with E-state index < -0.39 is 29.0 Å². The van der Waals surface area contributed by atoms with E-state index in [9.17, 15) is 17.6 Å². The second kappa shape index (κ2) is 4.69. The van der Waals surface area contributed by atoms with Crippen LogP contribution < -0.4 is 5.32 Å². The van der Waals surface area contributed by atoms with Gasteiger partial charge in [0.15, 0.2) is 23.3 Å². The van der Waals surface area contributed by atoms with Crippen molar-refractivity contribution in [2.75, 3.05) is 11.9 Å². The minimum absolute atomic E-state index is 0.0900. The summed E-state index contributed by atoms with van der Waals surface area (Å²) in [5, 5.41) is 2.16. The van der Waals surface area contributed by atoms with Crippen molar-refractivity contribution in [2.45, 2.75) is 6.92 Å². The van der Waals surface area contributed by atoms with Gasteiger partial charge in [-0.2, -0.15) is 0 Å². The fraction of sp³-hybridized carbons (Fsp3) is 0.200. The molecule has 1 N–H and O–H groups in total. The first-order valence-corrected chi connectivity index (χ1v) is 4.04. The summed E-state index contributed by atoms with van der Waals surface area (Å²) in [5.74, 6) is -0.879. The number of nitrogens with one attached hydrogen (secondary N) is 1. The highest BCUT2D eigenvalue weighted by molar-refractivity contribution is 5.48. The van der Waals surface area contributed by atoms with Crippen LogP contribution in [0.1, 0.15) is 6.92 Å². The second-order valence-electron chi connectivity index (χ2n) is 2.62. The van der Waals surface area contributed by atoms with E-state index in [-0.39, 0.29) is 12.6 Å². The Morgan fingerprint density at radius 1 is 1.13 bits per heavy atom. The average Bonchev–Trinajstić information content (AvgIpc) is 2.20. The molecule has 0 bridgehead atoms. The normalized spacial score (nSPS) is 9.40. The van der Waals surface area contributed by atoms with Gasteiger partial charge in [0.05, 0.1) is 6.54 Å². The van der Waals surface area contributed by atoms with Crippen molar-refractivity contribution in [3.05, 3.63) is 29.3 Å². The summed E-state index contributed by atoms with van der Waals surface area (Å²) in [5.41, 5.74) is -0.838. The number of hydrogen-bond acceptors (Lipinski definition) is 1. The van der Waals surface area contributed by atoms with Gasteiger partial charge in [-0.3, -0.25) is 0 Å². The summed E-state index contributed by atoms with van der Waals surface area (Å²) in [6.07, 6.45) is 0. The number of halogens is 4. The minimum Gasteiger partial charge on any atom is -0.369 e. The highest BCUT2D eigenvalue weighted by Crippen LogP contribution is 2.23. The molecule has 15 heavy (non-hydrogen) atoms. The Morgan fingerprint density at radius 2 is 1.67 bits per heavy atom. The molecule has 0 radical (unpaired) electrons. The average molecular weight is 217 g/mol. The zero-order valence-electron chi connectivity index (χ0n) is 7.80. The van der Waals surface area contributed by atoms with Gasteiger partial charge in [-0.1, -0.05) is 5.92 Å². The maximum atomic E-state index is 13.0. The second-order valence-corrected chi connectivity index (χ2v) is 2.62. The van der Waals surface area contributed by atoms with Crippen LogP contribution in [0.15, 0.2) is 6.07 Å². The van der Waals surface area contributed by atoms with E-state index in [0.29, 0.717) is 0 Å². The van der Waals surface area contributed by atoms with E-state index in [1.165, 1.54) is 6.92 Å². The topological polar surface area (TPSA) is 12.0 Å². The Morgan fingerprint density at radius 3 is 2.13 bits per heavy atom. The van der Waals surface area contributed by atoms with Gasteiger partial charge in [0.2, 0.25) is 0 Å². The van der Waals surface area contributed by atoms with Crippen LogP contribution in [-0.2, 0) is 0 Å². The summed E-state index contributed by atoms with van der Waals surface area (Å²) < 4.78 is 51.3. The van der Waals surface area contributed by atoms with E-state index >= 15 is 0 Å². The molecular weight excluding hydrogens is 210 g/mol. The predicted molar refractivity (Wildman–Crippen MR) is 48.2 cm³/mol. The Labute approximate surface area is 84.1 Å². The van der Waals surface area contributed by atoms with Crippen molar-refractivity contribution in [3.63, 3.8) is 0 Å². The highest BCUT2D eigenvalue weighted by atomic mass is 19.2. The molecule has 1 aromatic carbocycles. The van der Waals surface area contributed by atoms with Crippen molar-refractivity contribution in [1.82, 2.24) is 0 Å². The maximum absolute atomic E-state index is 13.0. The molecule has 5 heteroatoms. The molecule has 0 aromatic heterocycles. The molecule has 1 aromatic rings.